The summed E-state index contributed by atoms with van der Waals surface area (Å²) in [6, 6.07) is 0. The van der Waals surface area contributed by atoms with Crippen molar-refractivity contribution in [2.24, 2.45) is 0 Å². The maximum absolute atomic E-state index is 6.23. The topological polar surface area (TPSA) is 27.7 Å². The minimum Gasteiger partial charge on any atom is -0.343 e. The van der Waals surface area contributed by atoms with Gasteiger partial charge >= 0.3 is 0 Å². The van der Waals surface area contributed by atoms with Gasteiger partial charge in [-0.2, -0.15) is 6.42 Å². The van der Waals surface area contributed by atoms with Crippen molar-refractivity contribution < 1.29 is 35.9 Å². The van der Waals surface area contributed by atoms with Crippen LogP contribution in [-0.2, 0) is 35.9 Å². The van der Waals surface area contributed by atoms with Crippen LogP contribution in [0.5, 0.6) is 0 Å². The van der Waals surface area contributed by atoms with Gasteiger partial charge in [-0.25, -0.2) is 0 Å². The molecule has 0 aromatic heterocycles. The number of rotatable bonds is 27. The Morgan fingerprint density at radius 3 is 1.32 bits per heavy atom. The molecule has 0 bridgehead atoms. The second kappa shape index (κ2) is 29.6. The largest absolute Gasteiger partial charge is 0.343 e. The Kier molecular flexibility index (Phi) is 31.7. The summed E-state index contributed by atoms with van der Waals surface area (Å²) in [4.78, 5) is 0. The summed E-state index contributed by atoms with van der Waals surface area (Å²) in [5.41, 5.74) is 0. The van der Waals surface area contributed by atoms with Gasteiger partial charge in [-0.05, 0) is 51.4 Å². The maximum Gasteiger partial charge on any atom is 0.282 e. The molecule has 202 valence electrons. The van der Waals surface area contributed by atoms with Crippen molar-refractivity contribution in [3.05, 3.63) is 19.1 Å². The van der Waals surface area contributed by atoms with Crippen molar-refractivity contribution in [2.45, 2.75) is 155 Å². The van der Waals surface area contributed by atoms with Gasteiger partial charge in [-0.1, -0.05) is 97.1 Å². The zero-order valence-corrected chi connectivity index (χ0v) is 24.9. The molecule has 0 aromatic carbocycles. The van der Waals surface area contributed by atoms with Crippen LogP contribution in [0.3, 0.4) is 0 Å². The summed E-state index contributed by atoms with van der Waals surface area (Å²) < 4.78 is 18.7. The molecule has 0 rings (SSSR count). The molecule has 3 nitrogen and oxygen atoms in total. The molecule has 0 aliphatic carbocycles. The third kappa shape index (κ3) is 24.0. The van der Waals surface area contributed by atoms with Gasteiger partial charge in [0.25, 0.3) is 5.97 Å². The molecule has 0 saturated heterocycles. The van der Waals surface area contributed by atoms with Crippen molar-refractivity contribution in [1.29, 1.82) is 0 Å². The first kappa shape index (κ1) is 36.5. The van der Waals surface area contributed by atoms with Gasteiger partial charge in [0.2, 0.25) is 0 Å². The van der Waals surface area contributed by atoms with Gasteiger partial charge in [0.1, 0.15) is 0 Å². The molecule has 0 unspecified atom stereocenters. The Balaban J connectivity index is 0. The van der Waals surface area contributed by atoms with E-state index in [1.165, 1.54) is 70.6 Å². The molecule has 0 fully saturated rings. The normalized spacial score (nSPS) is 11.9. The first-order chi connectivity index (χ1) is 16.2. The van der Waals surface area contributed by atoms with E-state index in [0.717, 1.165) is 77.6 Å². The van der Waals surface area contributed by atoms with Crippen LogP contribution < -0.4 is 0 Å². The Hall–Kier alpha value is 0.334. The number of hydrogen-bond acceptors (Lipinski definition) is 3. The van der Waals surface area contributed by atoms with Crippen molar-refractivity contribution in [2.75, 3.05) is 19.8 Å². The zero-order valence-electron chi connectivity index (χ0n) is 23.4. The second-order valence-corrected chi connectivity index (χ2v) is 9.48. The van der Waals surface area contributed by atoms with Crippen LogP contribution in [0.4, 0.5) is 0 Å². The standard InChI is InChI=1S/C30H59O3.Ti/c1-5-9-13-14-15-16-17-18-19-20-21-22-23-24-25-26-30(31-27-10-6-2,32-28-11-7-3)33-29-12-8-4;/h18-19H,1,5-17,20-29H2,2-4H3;/q-1;/b19-18-;. The van der Waals surface area contributed by atoms with E-state index in [0.29, 0.717) is 0 Å². The summed E-state index contributed by atoms with van der Waals surface area (Å²) in [5, 5.41) is 0. The predicted molar refractivity (Wildman–Crippen MR) is 144 cm³/mol. The minimum absolute atomic E-state index is 0. The monoisotopic (exact) mass is 515 g/mol. The average molecular weight is 516 g/mol. The SMILES string of the molecule is [CH2-]CCCCCCC/C=C\CCCCCCCC(OCCCC)(OCCCC)OCCCC.[Ti]. The van der Waals surface area contributed by atoms with E-state index in [-0.39, 0.29) is 21.7 Å². The quantitative estimate of drug-likeness (QED) is 0.0358. The fourth-order valence-electron chi connectivity index (χ4n) is 3.80. The Bertz CT molecular complexity index is 374. The van der Waals surface area contributed by atoms with E-state index in [2.05, 4.69) is 39.8 Å². The van der Waals surface area contributed by atoms with Crippen LogP contribution in [-0.4, -0.2) is 25.8 Å². The average Bonchev–Trinajstić information content (AvgIpc) is 2.82. The van der Waals surface area contributed by atoms with Crippen molar-refractivity contribution in [3.63, 3.8) is 0 Å². The summed E-state index contributed by atoms with van der Waals surface area (Å²) in [6.45, 7) is 12.7. The van der Waals surface area contributed by atoms with E-state index in [4.69, 9.17) is 14.2 Å². The second-order valence-electron chi connectivity index (χ2n) is 9.48. The van der Waals surface area contributed by atoms with Crippen molar-refractivity contribution >= 4 is 0 Å². The fourth-order valence-corrected chi connectivity index (χ4v) is 3.80. The predicted octanol–water partition coefficient (Wildman–Crippen LogP) is 9.94. The summed E-state index contributed by atoms with van der Waals surface area (Å²) in [6.07, 6.45) is 28.7. The molecule has 0 aliphatic heterocycles. The van der Waals surface area contributed by atoms with E-state index in [1.54, 1.807) is 0 Å². The third-order valence-electron chi connectivity index (χ3n) is 6.10. The summed E-state index contributed by atoms with van der Waals surface area (Å²) in [5.74, 6) is -0.824. The van der Waals surface area contributed by atoms with Crippen LogP contribution in [0.15, 0.2) is 12.2 Å². The first-order valence-electron chi connectivity index (χ1n) is 14.6. The van der Waals surface area contributed by atoms with Crippen LogP contribution in [0.25, 0.3) is 0 Å². The Labute approximate surface area is 229 Å². The van der Waals surface area contributed by atoms with Gasteiger partial charge in [0, 0.05) is 28.1 Å². The molecule has 0 radical (unpaired) electrons. The zero-order chi connectivity index (χ0) is 24.3. The van der Waals surface area contributed by atoms with E-state index in [9.17, 15) is 0 Å². The van der Waals surface area contributed by atoms with Crippen molar-refractivity contribution in [3.8, 4) is 0 Å². The smallest absolute Gasteiger partial charge is 0.282 e. The van der Waals surface area contributed by atoms with Gasteiger partial charge in [0.15, 0.2) is 0 Å². The molecule has 0 amide bonds. The van der Waals surface area contributed by atoms with E-state index in [1.807, 2.05) is 0 Å². The number of allylic oxidation sites excluding steroid dienone is 2. The summed E-state index contributed by atoms with van der Waals surface area (Å²) >= 11 is 0. The molecule has 0 spiro atoms. The molecular weight excluding hydrogens is 456 g/mol. The molecular formula is C30H59O3Ti-. The number of hydrogen-bond donors (Lipinski definition) is 0. The van der Waals surface area contributed by atoms with Gasteiger partial charge in [0.05, 0.1) is 19.8 Å². The van der Waals surface area contributed by atoms with Crippen LogP contribution in [0.2, 0.25) is 0 Å². The molecule has 0 N–H and O–H groups in total. The van der Waals surface area contributed by atoms with E-state index < -0.39 is 5.97 Å². The van der Waals surface area contributed by atoms with Gasteiger partial charge < -0.3 is 21.1 Å². The molecule has 0 heterocycles. The van der Waals surface area contributed by atoms with Crippen LogP contribution in [0.1, 0.15) is 149 Å². The van der Waals surface area contributed by atoms with Crippen LogP contribution >= 0.6 is 0 Å². The molecule has 0 atom stereocenters. The number of unbranched alkanes of at least 4 members (excludes halogenated alkanes) is 14. The van der Waals surface area contributed by atoms with E-state index >= 15 is 0 Å². The molecule has 0 saturated carbocycles. The molecule has 0 aliphatic rings. The minimum atomic E-state index is -0.824. The summed E-state index contributed by atoms with van der Waals surface area (Å²) in [7, 11) is 0. The van der Waals surface area contributed by atoms with Crippen molar-refractivity contribution in [1.82, 2.24) is 0 Å². The molecule has 34 heavy (non-hydrogen) atoms. The Morgan fingerprint density at radius 2 is 0.912 bits per heavy atom. The fraction of sp³-hybridized carbons (Fsp3) is 0.900. The maximum atomic E-state index is 6.23. The Morgan fingerprint density at radius 1 is 0.529 bits per heavy atom. The third-order valence-corrected chi connectivity index (χ3v) is 6.10. The molecule has 0 aromatic rings. The van der Waals surface area contributed by atoms with Gasteiger partial charge in [-0.15, -0.1) is 0 Å². The number of ether oxygens (including phenoxy) is 3. The molecule has 4 heteroatoms. The first-order valence-corrected chi connectivity index (χ1v) is 14.6. The van der Waals surface area contributed by atoms with Crippen LogP contribution in [0, 0.1) is 6.92 Å². The van der Waals surface area contributed by atoms with Gasteiger partial charge in [-0.3, -0.25) is 0 Å².